The van der Waals surface area contributed by atoms with Gasteiger partial charge < -0.3 is 0 Å². The van der Waals surface area contributed by atoms with Crippen LogP contribution in [0, 0.1) is 0 Å². The molecule has 0 amide bonds. The predicted octanol–water partition coefficient (Wildman–Crippen LogP) is 1.15. The van der Waals surface area contributed by atoms with Crippen molar-refractivity contribution in [2.45, 2.75) is 0 Å². The van der Waals surface area contributed by atoms with E-state index in [0.29, 0.717) is 4.88 Å². The fourth-order valence-corrected chi connectivity index (χ4v) is 1.60. The average Bonchev–Trinajstić information content (AvgIpc) is 2.46. The first kappa shape index (κ1) is 6.42. The van der Waals surface area contributed by atoms with Crippen LogP contribution >= 0.6 is 11.3 Å². The van der Waals surface area contributed by atoms with E-state index in [2.05, 4.69) is 9.97 Å². The normalized spacial score (nSPS) is 10.2. The second kappa shape index (κ2) is 2.39. The van der Waals surface area contributed by atoms with Crippen molar-refractivity contribution in [1.82, 2.24) is 9.97 Å². The van der Waals surface area contributed by atoms with Crippen molar-refractivity contribution in [1.29, 1.82) is 0 Å². The molecule has 0 saturated heterocycles. The van der Waals surface area contributed by atoms with Crippen molar-refractivity contribution < 1.29 is 4.79 Å². The zero-order valence-corrected chi connectivity index (χ0v) is 6.26. The van der Waals surface area contributed by atoms with Crippen LogP contribution in [0.15, 0.2) is 18.6 Å². The van der Waals surface area contributed by atoms with E-state index >= 15 is 0 Å². The summed E-state index contributed by atoms with van der Waals surface area (Å²) in [7, 11) is 0. The van der Waals surface area contributed by atoms with Gasteiger partial charge in [0.05, 0.1) is 4.88 Å². The lowest BCUT2D eigenvalue weighted by molar-refractivity contribution is 0.563. The summed E-state index contributed by atoms with van der Waals surface area (Å²) in [5, 5.41) is 0.899. The van der Waals surface area contributed by atoms with Gasteiger partial charge in [-0.05, 0) is 6.07 Å². The molecule has 0 bridgehead atoms. The van der Waals surface area contributed by atoms with Crippen molar-refractivity contribution in [3.05, 3.63) is 23.5 Å². The van der Waals surface area contributed by atoms with Crippen LogP contribution < -0.4 is 0 Å². The number of rotatable bonds is 1. The summed E-state index contributed by atoms with van der Waals surface area (Å²) in [4.78, 5) is 19.4. The molecule has 53 valence electrons. The Hall–Kier alpha value is -1.29. The molecule has 2 rings (SSSR count). The largest absolute Gasteiger partial charge is 0.284 e. The fraction of sp³-hybridized carbons (Fsp3) is 0. The molecule has 2 aromatic heterocycles. The number of hydrogen-bond acceptors (Lipinski definition) is 4. The summed E-state index contributed by atoms with van der Waals surface area (Å²) < 4.78 is 0. The van der Waals surface area contributed by atoms with Gasteiger partial charge in [0.2, 0.25) is 6.29 Å². The molecule has 0 aromatic carbocycles. The summed E-state index contributed by atoms with van der Waals surface area (Å²) in [6.45, 7) is 0. The quantitative estimate of drug-likeness (QED) is 0.633. The molecule has 0 saturated carbocycles. The van der Waals surface area contributed by atoms with Crippen LogP contribution in [0.1, 0.15) is 4.88 Å². The van der Waals surface area contributed by atoms with E-state index in [9.17, 15) is 4.79 Å². The van der Waals surface area contributed by atoms with Gasteiger partial charge in [-0.15, -0.1) is 11.3 Å². The summed E-state index contributed by atoms with van der Waals surface area (Å²) in [6.07, 6.45) is 4.96. The third kappa shape index (κ3) is 1.01. The van der Waals surface area contributed by atoms with Gasteiger partial charge in [-0.3, -0.25) is 4.79 Å². The molecule has 1 radical (unpaired) electrons. The molecule has 0 aliphatic rings. The number of fused-ring (bicyclic) bond motifs is 1. The third-order valence-corrected chi connectivity index (χ3v) is 2.25. The lowest BCUT2D eigenvalue weighted by Crippen LogP contribution is -1.71. The van der Waals surface area contributed by atoms with Gasteiger partial charge in [0.25, 0.3) is 0 Å². The Morgan fingerprint density at radius 3 is 3.18 bits per heavy atom. The molecule has 11 heavy (non-hydrogen) atoms. The van der Waals surface area contributed by atoms with E-state index in [0.717, 1.165) is 10.2 Å². The molecule has 0 spiro atoms. The molecule has 0 aliphatic carbocycles. The summed E-state index contributed by atoms with van der Waals surface area (Å²) in [6, 6.07) is 1.73. The number of hydrogen-bond donors (Lipinski definition) is 0. The van der Waals surface area contributed by atoms with Crippen LogP contribution in [-0.2, 0) is 4.79 Å². The first-order valence-electron chi connectivity index (χ1n) is 2.98. The molecule has 0 unspecified atom stereocenters. The molecular weight excluding hydrogens is 160 g/mol. The minimum Gasteiger partial charge on any atom is -0.284 e. The van der Waals surface area contributed by atoms with Crippen LogP contribution in [0.25, 0.3) is 10.2 Å². The van der Waals surface area contributed by atoms with Gasteiger partial charge in [-0.2, -0.15) is 0 Å². The Kier molecular flexibility index (Phi) is 1.40. The van der Waals surface area contributed by atoms with Crippen molar-refractivity contribution in [3.63, 3.8) is 0 Å². The standard InChI is InChI=1S/C7H3N2OS/c10-3-6-1-5-2-8-4-9-7(5)11-6/h1-2,4H. The van der Waals surface area contributed by atoms with Crippen molar-refractivity contribution in [2.24, 2.45) is 0 Å². The summed E-state index contributed by atoms with van der Waals surface area (Å²) in [5.41, 5.74) is 0. The zero-order valence-electron chi connectivity index (χ0n) is 5.44. The van der Waals surface area contributed by atoms with Crippen LogP contribution in [0.4, 0.5) is 0 Å². The maximum absolute atomic E-state index is 10.2. The predicted molar refractivity (Wildman–Crippen MR) is 42.2 cm³/mol. The Balaban J connectivity index is 2.78. The SMILES string of the molecule is O=[C]c1cc2cncnc2s1. The number of carbonyl (C=O) groups excluding carboxylic acids is 1. The highest BCUT2D eigenvalue weighted by atomic mass is 32.1. The number of aromatic nitrogens is 2. The van der Waals surface area contributed by atoms with Gasteiger partial charge in [0.1, 0.15) is 11.2 Å². The lowest BCUT2D eigenvalue weighted by atomic mass is 10.4. The highest BCUT2D eigenvalue weighted by Crippen LogP contribution is 2.20. The molecule has 3 nitrogen and oxygen atoms in total. The van der Waals surface area contributed by atoms with E-state index in [4.69, 9.17) is 0 Å². The van der Waals surface area contributed by atoms with Gasteiger partial charge in [-0.25, -0.2) is 9.97 Å². The molecule has 0 aliphatic heterocycles. The second-order valence-corrected chi connectivity index (χ2v) is 3.03. The Labute approximate surface area is 66.7 Å². The van der Waals surface area contributed by atoms with Crippen molar-refractivity contribution in [3.8, 4) is 0 Å². The van der Waals surface area contributed by atoms with E-state index in [-0.39, 0.29) is 0 Å². The fourth-order valence-electron chi connectivity index (χ4n) is 0.839. The highest BCUT2D eigenvalue weighted by molar-refractivity contribution is 7.20. The number of thiophene rings is 1. The molecular formula is C7H3N2OS. The Morgan fingerprint density at radius 2 is 2.45 bits per heavy atom. The zero-order chi connectivity index (χ0) is 7.68. The molecule has 0 fully saturated rings. The minimum absolute atomic E-state index is 0.570. The molecule has 4 heteroatoms. The monoisotopic (exact) mass is 163 g/mol. The van der Waals surface area contributed by atoms with Gasteiger partial charge in [-0.1, -0.05) is 0 Å². The van der Waals surface area contributed by atoms with E-state index < -0.39 is 0 Å². The third-order valence-electron chi connectivity index (χ3n) is 1.30. The van der Waals surface area contributed by atoms with Crippen LogP contribution in [-0.4, -0.2) is 16.3 Å². The van der Waals surface area contributed by atoms with Crippen LogP contribution in [0.2, 0.25) is 0 Å². The smallest absolute Gasteiger partial charge is 0.244 e. The maximum Gasteiger partial charge on any atom is 0.244 e. The van der Waals surface area contributed by atoms with Crippen molar-refractivity contribution in [2.75, 3.05) is 0 Å². The lowest BCUT2D eigenvalue weighted by Gasteiger charge is -1.80. The summed E-state index contributed by atoms with van der Waals surface area (Å²) >= 11 is 1.32. The molecule has 0 N–H and O–H groups in total. The Bertz CT molecular complexity index is 363. The molecule has 0 atom stereocenters. The first-order chi connectivity index (χ1) is 5.40. The number of nitrogens with zero attached hydrogens (tertiary/aromatic N) is 2. The summed E-state index contributed by atoms with van der Waals surface area (Å²) in [5.74, 6) is 0. The van der Waals surface area contributed by atoms with Crippen molar-refractivity contribution >= 4 is 27.8 Å². The van der Waals surface area contributed by atoms with Gasteiger partial charge in [0.15, 0.2) is 0 Å². The van der Waals surface area contributed by atoms with E-state index in [1.165, 1.54) is 17.7 Å². The molecule has 2 heterocycles. The first-order valence-corrected chi connectivity index (χ1v) is 3.79. The minimum atomic E-state index is 0.570. The second-order valence-electron chi connectivity index (χ2n) is 2.00. The Morgan fingerprint density at radius 1 is 1.55 bits per heavy atom. The highest BCUT2D eigenvalue weighted by Gasteiger charge is 2.00. The van der Waals surface area contributed by atoms with Crippen LogP contribution in [0.5, 0.6) is 0 Å². The average molecular weight is 163 g/mol. The van der Waals surface area contributed by atoms with Gasteiger partial charge >= 0.3 is 0 Å². The van der Waals surface area contributed by atoms with Gasteiger partial charge in [0, 0.05) is 11.6 Å². The topological polar surface area (TPSA) is 42.9 Å². The van der Waals surface area contributed by atoms with Crippen LogP contribution in [0.3, 0.4) is 0 Å². The molecule has 2 aromatic rings. The maximum atomic E-state index is 10.2. The van der Waals surface area contributed by atoms with E-state index in [1.54, 1.807) is 12.3 Å². The van der Waals surface area contributed by atoms with E-state index in [1.807, 2.05) is 6.29 Å².